The van der Waals surface area contributed by atoms with Gasteiger partial charge in [0, 0.05) is 5.92 Å². The molecule has 8 nitrogen and oxygen atoms in total. The number of fused-ring (bicyclic) bond motifs is 7. The maximum atomic E-state index is 14.5. The Bertz CT molecular complexity index is 1280. The average molecular weight is 599 g/mol. The van der Waals surface area contributed by atoms with E-state index in [2.05, 4.69) is 41.5 Å². The topological polar surface area (TPSA) is 116 Å². The molecule has 43 heavy (non-hydrogen) atoms. The van der Waals surface area contributed by atoms with Crippen LogP contribution in [0.3, 0.4) is 0 Å². The van der Waals surface area contributed by atoms with Gasteiger partial charge < -0.3 is 19.3 Å². The third kappa shape index (κ3) is 4.19. The van der Waals surface area contributed by atoms with E-state index in [0.29, 0.717) is 19.3 Å². The van der Waals surface area contributed by atoms with Crippen LogP contribution in [0.25, 0.3) is 0 Å². The quantitative estimate of drug-likeness (QED) is 0.354. The van der Waals surface area contributed by atoms with Gasteiger partial charge in [-0.25, -0.2) is 4.79 Å². The van der Waals surface area contributed by atoms with Gasteiger partial charge in [0.15, 0.2) is 11.9 Å². The number of hydrogen-bond donors (Lipinski definition) is 1. The molecule has 238 valence electrons. The maximum Gasteiger partial charge on any atom is 0.508 e. The van der Waals surface area contributed by atoms with Gasteiger partial charge in [-0.3, -0.25) is 14.4 Å². The summed E-state index contributed by atoms with van der Waals surface area (Å²) in [5.41, 5.74) is -0.600. The maximum absolute atomic E-state index is 14.5. The molecule has 0 bridgehead atoms. The monoisotopic (exact) mass is 598 g/mol. The van der Waals surface area contributed by atoms with Crippen LogP contribution in [0.15, 0.2) is 11.6 Å². The zero-order chi connectivity index (χ0) is 31.4. The van der Waals surface area contributed by atoms with Crippen molar-refractivity contribution in [2.45, 2.75) is 112 Å². The fourth-order valence-corrected chi connectivity index (χ4v) is 11.5. The van der Waals surface area contributed by atoms with Crippen molar-refractivity contribution in [3.8, 4) is 0 Å². The summed E-state index contributed by atoms with van der Waals surface area (Å²) < 4.78 is 15.5. The molecule has 1 unspecified atom stereocenters. The van der Waals surface area contributed by atoms with Gasteiger partial charge in [-0.15, -0.1) is 0 Å². The summed E-state index contributed by atoms with van der Waals surface area (Å²) in [7, 11) is 0. The Morgan fingerprint density at radius 3 is 2.30 bits per heavy atom. The molecule has 1 N–H and O–H groups in total. The highest BCUT2D eigenvalue weighted by Gasteiger charge is 2.70. The van der Waals surface area contributed by atoms with E-state index in [-0.39, 0.29) is 75.7 Å². The summed E-state index contributed by atoms with van der Waals surface area (Å²) in [5.74, 6) is -0.987. The van der Waals surface area contributed by atoms with E-state index in [9.17, 15) is 24.3 Å². The Hall–Kier alpha value is -2.38. The molecule has 4 saturated carbocycles. The van der Waals surface area contributed by atoms with Crippen molar-refractivity contribution in [1.29, 1.82) is 0 Å². The fraction of sp³-hybridized carbons (Fsp3) is 0.829. The molecule has 0 aromatic rings. The molecule has 5 fully saturated rings. The van der Waals surface area contributed by atoms with Crippen LogP contribution in [0.5, 0.6) is 0 Å². The molecule has 5 aliphatic carbocycles. The van der Waals surface area contributed by atoms with Gasteiger partial charge in [-0.05, 0) is 110 Å². The zero-order valence-electron chi connectivity index (χ0n) is 27.0. The number of allylic oxidation sites excluding steroid dienone is 2. The van der Waals surface area contributed by atoms with Gasteiger partial charge in [-0.1, -0.05) is 47.1 Å². The van der Waals surface area contributed by atoms with Crippen molar-refractivity contribution in [1.82, 2.24) is 0 Å². The Kier molecular flexibility index (Phi) is 6.81. The number of carbonyl (C=O) groups is 4. The Balaban J connectivity index is 1.30. The Labute approximate surface area is 255 Å². The van der Waals surface area contributed by atoms with E-state index in [4.69, 9.17) is 14.2 Å². The number of cyclic esters (lactones) is 2. The lowest BCUT2D eigenvalue weighted by molar-refractivity contribution is -0.200. The van der Waals surface area contributed by atoms with Crippen LogP contribution in [0, 0.1) is 56.2 Å². The minimum absolute atomic E-state index is 0.00872. The molecular weight excluding hydrogens is 548 g/mol. The molecule has 1 heterocycles. The fourth-order valence-electron chi connectivity index (χ4n) is 11.5. The lowest BCUT2D eigenvalue weighted by atomic mass is 9.33. The Morgan fingerprint density at radius 2 is 1.65 bits per heavy atom. The van der Waals surface area contributed by atoms with E-state index in [1.165, 1.54) is 5.57 Å². The summed E-state index contributed by atoms with van der Waals surface area (Å²) in [6, 6.07) is 0. The molecule has 8 heteroatoms. The highest BCUT2D eigenvalue weighted by Crippen LogP contribution is 2.75. The number of ether oxygens (including phenoxy) is 3. The van der Waals surface area contributed by atoms with Crippen molar-refractivity contribution in [3.05, 3.63) is 11.6 Å². The molecule has 0 amide bonds. The van der Waals surface area contributed by atoms with Crippen LogP contribution in [0.2, 0.25) is 0 Å². The lowest BCUT2D eigenvalue weighted by Crippen LogP contribution is -2.66. The van der Waals surface area contributed by atoms with Gasteiger partial charge in [-0.2, -0.15) is 0 Å². The number of carboxylic acid groups (broad SMARTS) is 1. The number of hydrogen-bond acceptors (Lipinski definition) is 7. The first kappa shape index (κ1) is 30.6. The van der Waals surface area contributed by atoms with Gasteiger partial charge in [0.2, 0.25) is 0 Å². The lowest BCUT2D eigenvalue weighted by Gasteiger charge is -2.70. The number of esters is 1. The van der Waals surface area contributed by atoms with Crippen molar-refractivity contribution >= 4 is 23.9 Å². The van der Waals surface area contributed by atoms with Gasteiger partial charge in [0.1, 0.15) is 13.2 Å². The number of carbonyl (C=O) groups excluding carboxylic acids is 3. The van der Waals surface area contributed by atoms with Gasteiger partial charge >= 0.3 is 18.1 Å². The van der Waals surface area contributed by atoms with Crippen LogP contribution in [0.1, 0.15) is 106 Å². The first-order chi connectivity index (χ1) is 19.9. The normalized spacial score (nSPS) is 48.3. The second-order valence-electron chi connectivity index (χ2n) is 16.9. The third-order valence-electron chi connectivity index (χ3n) is 14.5. The van der Waals surface area contributed by atoms with E-state index in [1.807, 2.05) is 13.0 Å². The molecule has 0 aromatic carbocycles. The summed E-state index contributed by atoms with van der Waals surface area (Å²) in [5, 5.41) is 10.1. The van der Waals surface area contributed by atoms with Crippen LogP contribution >= 0.6 is 0 Å². The van der Waals surface area contributed by atoms with Crippen LogP contribution in [-0.4, -0.2) is 48.3 Å². The van der Waals surface area contributed by atoms with E-state index in [1.54, 1.807) is 0 Å². The molecule has 0 spiro atoms. The van der Waals surface area contributed by atoms with Crippen molar-refractivity contribution < 1.29 is 38.5 Å². The van der Waals surface area contributed by atoms with Gasteiger partial charge in [0.25, 0.3) is 0 Å². The number of carboxylic acids is 1. The first-order valence-electron chi connectivity index (χ1n) is 16.4. The van der Waals surface area contributed by atoms with E-state index >= 15 is 0 Å². The molecular formula is C35H50O8. The largest absolute Gasteiger partial charge is 0.508 e. The van der Waals surface area contributed by atoms with Crippen molar-refractivity contribution in [3.63, 3.8) is 0 Å². The highest BCUT2D eigenvalue weighted by molar-refractivity contribution is 5.96. The predicted octanol–water partition coefficient (Wildman–Crippen LogP) is 6.75. The van der Waals surface area contributed by atoms with Crippen molar-refractivity contribution in [2.75, 3.05) is 13.2 Å². The second-order valence-corrected chi connectivity index (χ2v) is 16.9. The molecule has 0 aromatic heterocycles. The van der Waals surface area contributed by atoms with E-state index in [0.717, 1.165) is 38.5 Å². The minimum Gasteiger partial charge on any atom is -0.481 e. The summed E-state index contributed by atoms with van der Waals surface area (Å²) in [6.45, 7) is 15.7. The third-order valence-corrected chi connectivity index (χ3v) is 14.5. The number of aliphatic carboxylic acids is 1. The predicted molar refractivity (Wildman–Crippen MR) is 158 cm³/mol. The Morgan fingerprint density at radius 1 is 0.953 bits per heavy atom. The van der Waals surface area contributed by atoms with Gasteiger partial charge in [0.05, 0.1) is 11.3 Å². The summed E-state index contributed by atoms with van der Waals surface area (Å²) >= 11 is 0. The smallest absolute Gasteiger partial charge is 0.481 e. The van der Waals surface area contributed by atoms with Crippen LogP contribution in [-0.2, 0) is 28.6 Å². The molecule has 1 aliphatic heterocycles. The summed E-state index contributed by atoms with van der Waals surface area (Å²) in [4.78, 5) is 51.6. The highest BCUT2D eigenvalue weighted by atomic mass is 16.8. The zero-order valence-corrected chi connectivity index (χ0v) is 27.0. The number of ketones is 1. The SMILES string of the molecule is CC1(C)[C@@H](C(=O)OCC2COC(=O)O2)CC[C@]2(C)[C@H]3C(=O)C=C4[C@@H]5C[C@@](C)(C(=O)O)CC[C@]5(C)CC[C@@]4(C)[C@]3(C)CC[C@@H]12. The summed E-state index contributed by atoms with van der Waals surface area (Å²) in [6.07, 6.45) is 8.15. The second kappa shape index (κ2) is 9.56. The molecule has 6 rings (SSSR count). The molecule has 0 radical (unpaired) electrons. The van der Waals surface area contributed by atoms with Crippen LogP contribution < -0.4 is 0 Å². The standard InChI is InChI=1S/C35H50O8/c1-30(2)21(27(37)41-18-20-19-42-29(40)43-20)8-10-33(5)25(30)9-11-35(7)26(33)24(36)16-22-23-17-32(4,28(38)39)13-12-31(23,3)14-15-34(22,35)6/h16,20-21,23,25-26H,8-15,17-19H2,1-7H3,(H,38,39)/t20?,21-,23+,25+,26-,31-,32+,33+,34-,35-/m1/s1. The minimum atomic E-state index is -0.767. The van der Waals surface area contributed by atoms with E-state index < -0.39 is 23.6 Å². The molecule has 6 aliphatic rings. The average Bonchev–Trinajstić information content (AvgIpc) is 3.34. The van der Waals surface area contributed by atoms with Crippen molar-refractivity contribution in [2.24, 2.45) is 56.2 Å². The molecule has 1 saturated heterocycles. The molecule has 10 atom stereocenters. The van der Waals surface area contributed by atoms with Crippen LogP contribution in [0.4, 0.5) is 4.79 Å². The first-order valence-corrected chi connectivity index (χ1v) is 16.4. The number of rotatable bonds is 4.